The number of fused-ring (bicyclic) bond motifs is 3. The van der Waals surface area contributed by atoms with Gasteiger partial charge in [0.05, 0.1) is 20.8 Å². The van der Waals surface area contributed by atoms with Gasteiger partial charge in [-0.05, 0) is 82.3 Å². The van der Waals surface area contributed by atoms with Gasteiger partial charge in [-0.15, -0.1) is 11.3 Å². The van der Waals surface area contributed by atoms with Gasteiger partial charge < -0.3 is 20.7 Å². The van der Waals surface area contributed by atoms with Gasteiger partial charge >= 0.3 is 6.01 Å². The van der Waals surface area contributed by atoms with Gasteiger partial charge in [-0.1, -0.05) is 17.7 Å². The van der Waals surface area contributed by atoms with Crippen molar-refractivity contribution in [1.82, 2.24) is 20.2 Å². The molecule has 4 fully saturated rings. The van der Waals surface area contributed by atoms with Crippen LogP contribution < -0.4 is 20.7 Å². The molecule has 2 aromatic carbocycles. The molecule has 0 radical (unpaired) electrons. The number of hydrogen-bond acceptors (Lipinski definition) is 9. The van der Waals surface area contributed by atoms with Crippen molar-refractivity contribution in [3.63, 3.8) is 0 Å². The predicted molar refractivity (Wildman–Crippen MR) is 174 cm³/mol. The first-order valence-electron chi connectivity index (χ1n) is 15.8. The number of nitrogens with one attached hydrogen (secondary N) is 1. The molecular formula is C33H34ClF2N7OS. The van der Waals surface area contributed by atoms with E-state index in [1.54, 1.807) is 6.07 Å². The number of nitrogens with zero attached hydrogens (tertiary/aromatic N) is 5. The summed E-state index contributed by atoms with van der Waals surface area (Å²) in [5.74, 6) is -0.581. The Hall–Kier alpha value is -3.30. The zero-order valence-electron chi connectivity index (χ0n) is 24.9. The number of anilines is 2. The molecule has 234 valence electrons. The molecule has 3 N–H and O–H groups in total. The van der Waals surface area contributed by atoms with E-state index in [-0.39, 0.29) is 53.7 Å². The van der Waals surface area contributed by atoms with E-state index in [9.17, 15) is 9.65 Å². The Morgan fingerprint density at radius 1 is 1.11 bits per heavy atom. The van der Waals surface area contributed by atoms with E-state index in [1.165, 1.54) is 12.1 Å². The second-order valence-electron chi connectivity index (χ2n) is 13.2. The van der Waals surface area contributed by atoms with Crippen LogP contribution in [-0.4, -0.2) is 66.3 Å². The fourth-order valence-electron chi connectivity index (χ4n) is 8.41. The molecule has 1 atom stereocenters. The number of thiophene rings is 1. The monoisotopic (exact) mass is 649 g/mol. The van der Waals surface area contributed by atoms with Gasteiger partial charge in [0, 0.05) is 41.4 Å². The highest BCUT2D eigenvalue weighted by atomic mass is 35.5. The van der Waals surface area contributed by atoms with Crippen LogP contribution in [0.2, 0.25) is 5.02 Å². The number of aromatic nitrogens is 2. The molecule has 2 aromatic heterocycles. The van der Waals surface area contributed by atoms with Gasteiger partial charge in [-0.25, -0.2) is 8.78 Å². The highest BCUT2D eigenvalue weighted by Gasteiger charge is 2.45. The van der Waals surface area contributed by atoms with Crippen LogP contribution in [0.3, 0.4) is 0 Å². The Morgan fingerprint density at radius 3 is 2.67 bits per heavy atom. The van der Waals surface area contributed by atoms with Crippen LogP contribution in [0.15, 0.2) is 18.2 Å². The molecule has 4 aliphatic rings. The van der Waals surface area contributed by atoms with Crippen LogP contribution in [0.4, 0.5) is 19.6 Å². The van der Waals surface area contributed by atoms with E-state index < -0.39 is 11.6 Å². The average Bonchev–Trinajstić information content (AvgIpc) is 3.81. The van der Waals surface area contributed by atoms with Crippen molar-refractivity contribution >= 4 is 54.7 Å². The number of nitriles is 1. The molecule has 4 saturated heterocycles. The van der Waals surface area contributed by atoms with E-state index in [0.29, 0.717) is 23.4 Å². The first kappa shape index (κ1) is 29.1. The number of halogens is 3. The molecule has 8 rings (SSSR count). The Bertz CT molecular complexity index is 1880. The smallest absolute Gasteiger partial charge is 0.319 e. The number of benzene rings is 2. The number of nitrogen functional groups attached to an aromatic ring is 1. The summed E-state index contributed by atoms with van der Waals surface area (Å²) < 4.78 is 38.5. The van der Waals surface area contributed by atoms with E-state index >= 15 is 4.39 Å². The van der Waals surface area contributed by atoms with Gasteiger partial charge in [0.1, 0.15) is 34.8 Å². The molecule has 45 heavy (non-hydrogen) atoms. The maximum atomic E-state index is 17.0. The van der Waals surface area contributed by atoms with E-state index in [4.69, 9.17) is 27.1 Å². The minimum atomic E-state index is -0.664. The second kappa shape index (κ2) is 10.9. The summed E-state index contributed by atoms with van der Waals surface area (Å²) in [4.78, 5) is 14.4. The summed E-state index contributed by atoms with van der Waals surface area (Å²) >= 11 is 7.86. The maximum absolute atomic E-state index is 17.0. The lowest BCUT2D eigenvalue weighted by molar-refractivity contribution is 0.108. The summed E-state index contributed by atoms with van der Waals surface area (Å²) in [6, 6.07) is 6.62. The average molecular weight is 650 g/mol. The quantitative estimate of drug-likeness (QED) is 0.253. The van der Waals surface area contributed by atoms with Gasteiger partial charge in [0.15, 0.2) is 5.82 Å². The van der Waals surface area contributed by atoms with E-state index in [0.717, 1.165) is 95.6 Å². The van der Waals surface area contributed by atoms with Crippen molar-refractivity contribution in [2.24, 2.45) is 5.41 Å². The SMILES string of the molecule is N#Cc1c(N)sc2c(F)ccc(-c3c(Cl)cc4c(N5CCCC6(CCNC6)C5)nc(OCC56CCCN5CCC6)nc4c3F)c12. The molecule has 4 aliphatic heterocycles. The third kappa shape index (κ3) is 4.63. The van der Waals surface area contributed by atoms with Crippen molar-refractivity contribution in [2.75, 3.05) is 56.5 Å². The van der Waals surface area contributed by atoms with Gasteiger partial charge in [0.2, 0.25) is 0 Å². The minimum Gasteiger partial charge on any atom is -0.461 e. The molecule has 1 unspecified atom stereocenters. The summed E-state index contributed by atoms with van der Waals surface area (Å²) in [5, 5.41) is 14.4. The molecule has 4 aromatic rings. The summed E-state index contributed by atoms with van der Waals surface area (Å²) in [7, 11) is 0. The highest BCUT2D eigenvalue weighted by molar-refractivity contribution is 7.23. The molecule has 0 bridgehead atoms. The first-order chi connectivity index (χ1) is 21.8. The lowest BCUT2D eigenvalue weighted by Gasteiger charge is -2.41. The Labute approximate surface area is 269 Å². The van der Waals surface area contributed by atoms with Crippen molar-refractivity contribution in [3.8, 4) is 23.2 Å². The number of ether oxygens (including phenoxy) is 1. The van der Waals surface area contributed by atoms with Gasteiger partial charge in [0.25, 0.3) is 0 Å². The summed E-state index contributed by atoms with van der Waals surface area (Å²) in [6.45, 7) is 6.09. The largest absolute Gasteiger partial charge is 0.461 e. The van der Waals surface area contributed by atoms with Gasteiger partial charge in [-0.3, -0.25) is 4.90 Å². The van der Waals surface area contributed by atoms with Crippen molar-refractivity contribution in [3.05, 3.63) is 40.4 Å². The standard InChI is InChI=1S/C33H34ClF2N7OS/c34-22-14-20-27(26(36)25(22)19-4-5-23(35)28-24(19)21(15-37)29(38)45-28)40-31(44-18-33-7-2-12-43(33)13-3-8-33)41-30(20)42-11-1-6-32(17-42)9-10-39-16-32/h4-5,14,39H,1-3,6-13,16-18,38H2. The van der Waals surface area contributed by atoms with Crippen molar-refractivity contribution in [1.29, 1.82) is 5.26 Å². The number of nitrogens with two attached hydrogens (primary N) is 1. The zero-order valence-corrected chi connectivity index (χ0v) is 26.5. The van der Waals surface area contributed by atoms with Crippen LogP contribution in [-0.2, 0) is 0 Å². The molecule has 0 aliphatic carbocycles. The lowest BCUT2D eigenvalue weighted by Crippen LogP contribution is -2.45. The number of piperidine rings is 1. The van der Waals surface area contributed by atoms with Crippen molar-refractivity contribution in [2.45, 2.75) is 50.5 Å². The van der Waals surface area contributed by atoms with E-state index in [2.05, 4.69) is 26.2 Å². The predicted octanol–water partition coefficient (Wildman–Crippen LogP) is 6.48. The third-order valence-corrected chi connectivity index (χ3v) is 11.9. The first-order valence-corrected chi connectivity index (χ1v) is 17.0. The van der Waals surface area contributed by atoms with Gasteiger partial charge in [-0.2, -0.15) is 15.2 Å². The van der Waals surface area contributed by atoms with Crippen LogP contribution in [0.1, 0.15) is 50.5 Å². The molecule has 0 amide bonds. The Kier molecular flexibility index (Phi) is 7.06. The fraction of sp³-hybridized carbons (Fsp3) is 0.485. The second-order valence-corrected chi connectivity index (χ2v) is 14.6. The summed E-state index contributed by atoms with van der Waals surface area (Å²) in [5.41, 5.74) is 6.73. The van der Waals surface area contributed by atoms with E-state index in [1.807, 2.05) is 0 Å². The lowest BCUT2D eigenvalue weighted by atomic mass is 9.79. The van der Waals surface area contributed by atoms with Crippen LogP contribution >= 0.6 is 22.9 Å². The normalized spacial score (nSPS) is 22.9. The zero-order chi connectivity index (χ0) is 30.9. The highest BCUT2D eigenvalue weighted by Crippen LogP contribution is 2.47. The van der Waals surface area contributed by atoms with Crippen molar-refractivity contribution < 1.29 is 13.5 Å². The van der Waals surface area contributed by atoms with Crippen LogP contribution in [0, 0.1) is 28.4 Å². The minimum absolute atomic E-state index is 0.0286. The molecular weight excluding hydrogens is 616 g/mol. The third-order valence-electron chi connectivity index (χ3n) is 10.6. The maximum Gasteiger partial charge on any atom is 0.319 e. The topological polar surface area (TPSA) is 103 Å². The molecule has 6 heterocycles. The van der Waals surface area contributed by atoms with Crippen LogP contribution in [0.25, 0.3) is 32.1 Å². The number of rotatable bonds is 5. The molecule has 1 spiro atoms. The fourth-order valence-corrected chi connectivity index (χ4v) is 9.66. The Morgan fingerprint density at radius 2 is 1.91 bits per heavy atom. The van der Waals surface area contributed by atoms with Crippen LogP contribution in [0.5, 0.6) is 6.01 Å². The molecule has 0 saturated carbocycles. The molecule has 8 nitrogen and oxygen atoms in total. The summed E-state index contributed by atoms with van der Waals surface area (Å²) in [6.07, 6.45) is 7.61. The Balaban J connectivity index is 1.29. The molecule has 12 heteroatoms. The number of hydrogen-bond donors (Lipinski definition) is 2.